The molecule has 0 bridgehead atoms. The van der Waals surface area contributed by atoms with Crippen LogP contribution in [0.3, 0.4) is 0 Å². The summed E-state index contributed by atoms with van der Waals surface area (Å²) < 4.78 is 5.58. The third-order valence-electron chi connectivity index (χ3n) is 3.11. The van der Waals surface area contributed by atoms with Gasteiger partial charge in [0, 0.05) is 17.5 Å². The first-order valence-corrected chi connectivity index (χ1v) is 7.59. The number of ketones is 1. The van der Waals surface area contributed by atoms with Gasteiger partial charge in [-0.25, -0.2) is 0 Å². The molecule has 2 heterocycles. The highest BCUT2D eigenvalue weighted by Crippen LogP contribution is 2.44. The molecule has 1 unspecified atom stereocenters. The molecule has 0 spiro atoms. The average Bonchev–Trinajstić information content (AvgIpc) is 2.99. The van der Waals surface area contributed by atoms with Gasteiger partial charge in [0.05, 0.1) is 9.90 Å². The zero-order chi connectivity index (χ0) is 14.5. The number of rotatable bonds is 2. The topological polar surface area (TPSA) is 52.3 Å². The maximum Gasteiger partial charge on any atom is 0.204 e. The summed E-state index contributed by atoms with van der Waals surface area (Å²) in [5.74, 6) is 0.338. The van der Waals surface area contributed by atoms with Crippen LogP contribution in [0.1, 0.15) is 27.7 Å². The number of thiophene rings is 1. The van der Waals surface area contributed by atoms with Crippen molar-refractivity contribution in [2.24, 2.45) is 5.73 Å². The van der Waals surface area contributed by atoms with Crippen molar-refractivity contribution < 1.29 is 9.53 Å². The number of carbonyl (C=O) groups excluding carboxylic acids is 1. The van der Waals surface area contributed by atoms with Crippen LogP contribution in [0.4, 0.5) is 0 Å². The quantitative estimate of drug-likeness (QED) is 0.851. The van der Waals surface area contributed by atoms with Crippen LogP contribution in [0.5, 0.6) is 5.75 Å². The molecule has 0 fully saturated rings. The number of halogens is 2. The van der Waals surface area contributed by atoms with Crippen LogP contribution >= 0.6 is 34.5 Å². The summed E-state index contributed by atoms with van der Waals surface area (Å²) >= 11 is 13.8. The van der Waals surface area contributed by atoms with Crippen molar-refractivity contribution in [3.05, 3.63) is 49.6 Å². The number of carbonyl (C=O) groups is 1. The molecule has 2 aromatic rings. The van der Waals surface area contributed by atoms with Crippen LogP contribution in [0.2, 0.25) is 10.0 Å². The van der Waals surface area contributed by atoms with Gasteiger partial charge in [0.25, 0.3) is 0 Å². The van der Waals surface area contributed by atoms with E-state index in [9.17, 15) is 4.79 Å². The van der Waals surface area contributed by atoms with Gasteiger partial charge in [0.2, 0.25) is 5.78 Å². The smallest absolute Gasteiger partial charge is 0.204 e. The monoisotopic (exact) mass is 327 g/mol. The third-order valence-corrected chi connectivity index (χ3v) is 4.82. The van der Waals surface area contributed by atoms with Gasteiger partial charge in [0.1, 0.15) is 10.8 Å². The highest BCUT2D eigenvalue weighted by Gasteiger charge is 2.35. The average molecular weight is 328 g/mol. The van der Waals surface area contributed by atoms with Crippen LogP contribution in [-0.2, 0) is 6.42 Å². The third kappa shape index (κ3) is 2.23. The highest BCUT2D eigenvalue weighted by molar-refractivity contribution is 7.12. The number of hydrogen-bond donors (Lipinski definition) is 1. The van der Waals surface area contributed by atoms with Gasteiger partial charge < -0.3 is 4.74 Å². The Morgan fingerprint density at radius 1 is 1.45 bits per heavy atom. The summed E-state index contributed by atoms with van der Waals surface area (Å²) in [6.45, 7) is 1.76. The molecule has 1 aliphatic rings. The van der Waals surface area contributed by atoms with Crippen molar-refractivity contribution in [2.45, 2.75) is 19.1 Å². The Hall–Kier alpha value is -1.07. The molecule has 3 nitrogen and oxygen atoms in total. The fraction of sp³-hybridized carbons (Fsp3) is 0.214. The van der Waals surface area contributed by atoms with Gasteiger partial charge in [-0.1, -0.05) is 29.3 Å². The van der Waals surface area contributed by atoms with E-state index in [1.54, 1.807) is 19.1 Å². The normalized spacial score (nSPS) is 20.6. The van der Waals surface area contributed by atoms with Crippen LogP contribution in [0.15, 0.2) is 23.6 Å². The number of ether oxygens (including phenoxy) is 1. The molecule has 1 aromatic heterocycles. The second-order valence-corrected chi connectivity index (χ2v) is 6.64. The summed E-state index contributed by atoms with van der Waals surface area (Å²) in [5.41, 5.74) is 6.34. The van der Waals surface area contributed by atoms with Gasteiger partial charge in [-0.15, -0.1) is 11.3 Å². The van der Waals surface area contributed by atoms with E-state index in [1.165, 1.54) is 11.3 Å². The van der Waals surface area contributed by atoms with E-state index in [1.807, 2.05) is 11.4 Å². The molecule has 0 radical (unpaired) electrons. The van der Waals surface area contributed by atoms with Crippen LogP contribution in [0.25, 0.3) is 0 Å². The summed E-state index contributed by atoms with van der Waals surface area (Å²) in [5, 5.41) is 2.30. The summed E-state index contributed by atoms with van der Waals surface area (Å²) in [7, 11) is 0. The number of fused-ring (bicyclic) bond motifs is 1. The fourth-order valence-corrected chi connectivity index (χ4v) is 3.42. The van der Waals surface area contributed by atoms with Crippen LogP contribution in [0, 0.1) is 0 Å². The van der Waals surface area contributed by atoms with E-state index in [2.05, 4.69) is 0 Å². The molecule has 6 heteroatoms. The van der Waals surface area contributed by atoms with Gasteiger partial charge in [-0.05, 0) is 24.4 Å². The van der Waals surface area contributed by atoms with Crippen molar-refractivity contribution in [2.75, 3.05) is 0 Å². The van der Waals surface area contributed by atoms with Crippen molar-refractivity contribution in [1.29, 1.82) is 0 Å². The van der Waals surface area contributed by atoms with E-state index in [0.717, 1.165) is 5.56 Å². The molecule has 0 amide bonds. The lowest BCUT2D eigenvalue weighted by Crippen LogP contribution is -2.40. The molecule has 1 aromatic carbocycles. The second-order valence-electron chi connectivity index (χ2n) is 4.94. The summed E-state index contributed by atoms with van der Waals surface area (Å²) in [6, 6.07) is 5.30. The summed E-state index contributed by atoms with van der Waals surface area (Å²) in [4.78, 5) is 13.1. The zero-order valence-electron chi connectivity index (χ0n) is 10.6. The lowest BCUT2D eigenvalue weighted by molar-refractivity contribution is 0.104. The minimum Gasteiger partial charge on any atom is -0.471 e. The Morgan fingerprint density at radius 3 is 2.85 bits per heavy atom. The molecule has 0 aliphatic carbocycles. The van der Waals surface area contributed by atoms with E-state index >= 15 is 0 Å². The largest absolute Gasteiger partial charge is 0.471 e. The molecule has 1 atom stereocenters. The Labute approximate surface area is 130 Å². The maximum absolute atomic E-state index is 12.4. The zero-order valence-corrected chi connectivity index (χ0v) is 12.9. The van der Waals surface area contributed by atoms with E-state index in [0.29, 0.717) is 22.6 Å². The van der Waals surface area contributed by atoms with Crippen molar-refractivity contribution >= 4 is 40.3 Å². The van der Waals surface area contributed by atoms with Crippen LogP contribution < -0.4 is 10.5 Å². The molecule has 1 aliphatic heterocycles. The van der Waals surface area contributed by atoms with E-state index in [-0.39, 0.29) is 15.8 Å². The van der Waals surface area contributed by atoms with Crippen molar-refractivity contribution in [3.63, 3.8) is 0 Å². The predicted molar refractivity (Wildman–Crippen MR) is 81.1 cm³/mol. The first kappa shape index (κ1) is 13.9. The SMILES string of the molecule is CC1(N)Cc2cc(C(=O)c3cccs3)c(Cl)c(Cl)c2O1. The van der Waals surface area contributed by atoms with Gasteiger partial charge in [-0.2, -0.15) is 0 Å². The minimum absolute atomic E-state index is 0.139. The Morgan fingerprint density at radius 2 is 2.20 bits per heavy atom. The molecule has 0 saturated carbocycles. The first-order chi connectivity index (χ1) is 9.39. The summed E-state index contributed by atoms with van der Waals surface area (Å²) in [6.07, 6.45) is 0.490. The highest BCUT2D eigenvalue weighted by atomic mass is 35.5. The van der Waals surface area contributed by atoms with Crippen molar-refractivity contribution in [3.8, 4) is 5.75 Å². The number of benzene rings is 1. The first-order valence-electron chi connectivity index (χ1n) is 5.96. The van der Waals surface area contributed by atoms with E-state index < -0.39 is 5.72 Å². The molecule has 3 rings (SSSR count). The maximum atomic E-state index is 12.4. The second kappa shape index (κ2) is 4.74. The lowest BCUT2D eigenvalue weighted by atomic mass is 10.0. The molecule has 104 valence electrons. The standard InChI is InChI=1S/C14H11Cl2NO2S/c1-14(17)6-7-5-8(10(15)11(16)13(7)19-14)12(18)9-3-2-4-20-9/h2-5H,6,17H2,1H3. The van der Waals surface area contributed by atoms with Crippen LogP contribution in [-0.4, -0.2) is 11.5 Å². The Balaban J connectivity index is 2.11. The van der Waals surface area contributed by atoms with Gasteiger partial charge in [-0.3, -0.25) is 10.5 Å². The van der Waals surface area contributed by atoms with Gasteiger partial charge >= 0.3 is 0 Å². The minimum atomic E-state index is -0.820. The predicted octanol–water partition coefficient (Wildman–Crippen LogP) is 3.90. The molecule has 20 heavy (non-hydrogen) atoms. The van der Waals surface area contributed by atoms with Crippen molar-refractivity contribution in [1.82, 2.24) is 0 Å². The molecular formula is C14H11Cl2NO2S. The fourth-order valence-electron chi connectivity index (χ4n) is 2.26. The number of hydrogen-bond acceptors (Lipinski definition) is 4. The van der Waals surface area contributed by atoms with E-state index in [4.69, 9.17) is 33.7 Å². The molecule has 0 saturated heterocycles. The molecule has 2 N–H and O–H groups in total. The molecular weight excluding hydrogens is 317 g/mol. The van der Waals surface area contributed by atoms with Gasteiger partial charge in [0.15, 0.2) is 5.72 Å². The Kier molecular flexibility index (Phi) is 3.29. The lowest BCUT2D eigenvalue weighted by Gasteiger charge is -2.17. The Bertz CT molecular complexity index is 696. The number of nitrogens with two attached hydrogens (primary N) is 1.